The number of imidazole rings is 1. The Bertz CT molecular complexity index is 1660. The van der Waals surface area contributed by atoms with E-state index in [9.17, 15) is 4.79 Å². The second-order valence-electron chi connectivity index (χ2n) is 10.8. The molecule has 196 valence electrons. The number of anilines is 1. The molecule has 0 radical (unpaired) electrons. The van der Waals surface area contributed by atoms with Gasteiger partial charge in [0.15, 0.2) is 11.5 Å². The summed E-state index contributed by atoms with van der Waals surface area (Å²) >= 11 is 0. The van der Waals surface area contributed by atoms with Gasteiger partial charge in [-0.05, 0) is 50.5 Å². The number of amides is 1. The Morgan fingerprint density at radius 2 is 1.85 bits per heavy atom. The molecule has 2 aliphatic heterocycles. The SMILES string of the molecule is Nc1c(C2CC2)c(C2CC3CCC(C2)N3C(=O)c2ncn[nH]2)nc2c(-c3ccc(-c4ncc[nH]4)nc3)cnn12. The van der Waals surface area contributed by atoms with Crippen LogP contribution in [0, 0.1) is 0 Å². The number of carbonyl (C=O) groups excluding carboxylic acids is 1. The monoisotopic (exact) mass is 521 g/mol. The summed E-state index contributed by atoms with van der Waals surface area (Å²) in [6.07, 6.45) is 14.5. The molecule has 0 aromatic carbocycles. The number of nitrogens with zero attached hydrogens (tertiary/aromatic N) is 8. The number of aromatic nitrogens is 9. The lowest BCUT2D eigenvalue weighted by Crippen LogP contribution is -2.46. The number of piperidine rings is 1. The number of hydrogen-bond acceptors (Lipinski definition) is 8. The fraction of sp³-hybridized carbons (Fsp3) is 0.370. The maximum Gasteiger partial charge on any atom is 0.291 e. The van der Waals surface area contributed by atoms with E-state index in [0.29, 0.717) is 17.6 Å². The second-order valence-corrected chi connectivity index (χ2v) is 10.8. The molecule has 12 heteroatoms. The fourth-order valence-corrected chi connectivity index (χ4v) is 6.61. The molecule has 1 aliphatic carbocycles. The lowest BCUT2D eigenvalue weighted by Gasteiger charge is -2.39. The minimum Gasteiger partial charge on any atom is -0.383 e. The molecule has 7 heterocycles. The highest BCUT2D eigenvalue weighted by atomic mass is 16.2. The van der Waals surface area contributed by atoms with E-state index in [-0.39, 0.29) is 23.9 Å². The maximum atomic E-state index is 13.2. The van der Waals surface area contributed by atoms with E-state index in [0.717, 1.165) is 78.1 Å². The van der Waals surface area contributed by atoms with Gasteiger partial charge in [-0.3, -0.25) is 14.9 Å². The highest BCUT2D eigenvalue weighted by Gasteiger charge is 2.46. The molecule has 0 spiro atoms. The third kappa shape index (κ3) is 3.54. The number of fused-ring (bicyclic) bond motifs is 3. The number of H-pyrrole nitrogens is 2. The number of rotatable bonds is 5. The van der Waals surface area contributed by atoms with Crippen LogP contribution in [0.3, 0.4) is 0 Å². The quantitative estimate of drug-likeness (QED) is 0.318. The van der Waals surface area contributed by atoms with Crippen LogP contribution in [0.1, 0.15) is 72.2 Å². The lowest BCUT2D eigenvalue weighted by molar-refractivity contribution is 0.0557. The van der Waals surface area contributed by atoms with Gasteiger partial charge in [0, 0.05) is 53.3 Å². The van der Waals surface area contributed by atoms with Crippen LogP contribution in [0.15, 0.2) is 43.2 Å². The van der Waals surface area contributed by atoms with Gasteiger partial charge in [0.05, 0.1) is 11.9 Å². The van der Waals surface area contributed by atoms with Crippen molar-refractivity contribution in [3.8, 4) is 22.6 Å². The van der Waals surface area contributed by atoms with E-state index in [4.69, 9.17) is 10.7 Å². The van der Waals surface area contributed by atoms with Gasteiger partial charge in [0.2, 0.25) is 5.82 Å². The van der Waals surface area contributed by atoms with E-state index in [1.54, 1.807) is 16.9 Å². The second kappa shape index (κ2) is 8.45. The van der Waals surface area contributed by atoms with Gasteiger partial charge < -0.3 is 15.6 Å². The van der Waals surface area contributed by atoms with Gasteiger partial charge >= 0.3 is 0 Å². The van der Waals surface area contributed by atoms with Gasteiger partial charge in [-0.2, -0.15) is 14.7 Å². The van der Waals surface area contributed by atoms with Crippen LogP contribution in [0.5, 0.6) is 0 Å². The Balaban J connectivity index is 1.17. The van der Waals surface area contributed by atoms with E-state index in [1.807, 2.05) is 29.4 Å². The van der Waals surface area contributed by atoms with Gasteiger partial charge in [-0.25, -0.2) is 15.0 Å². The zero-order valence-electron chi connectivity index (χ0n) is 21.2. The van der Waals surface area contributed by atoms with Crippen LogP contribution in [-0.4, -0.2) is 67.6 Å². The topological polar surface area (TPSA) is 160 Å². The molecule has 2 bridgehead atoms. The van der Waals surface area contributed by atoms with Crippen molar-refractivity contribution >= 4 is 17.4 Å². The third-order valence-corrected chi connectivity index (χ3v) is 8.52. The Hall–Kier alpha value is -4.61. The molecular formula is C27H27N11O. The number of carbonyl (C=O) groups is 1. The lowest BCUT2D eigenvalue weighted by atomic mass is 9.85. The number of aromatic amines is 2. The van der Waals surface area contributed by atoms with E-state index >= 15 is 0 Å². The molecule has 2 saturated heterocycles. The first-order valence-electron chi connectivity index (χ1n) is 13.5. The number of nitrogens with two attached hydrogens (primary N) is 1. The summed E-state index contributed by atoms with van der Waals surface area (Å²) in [4.78, 5) is 36.6. The summed E-state index contributed by atoms with van der Waals surface area (Å²) in [5.41, 5.74) is 12.4. The van der Waals surface area contributed by atoms with Crippen molar-refractivity contribution < 1.29 is 4.79 Å². The molecule has 12 nitrogen and oxygen atoms in total. The zero-order chi connectivity index (χ0) is 26.1. The van der Waals surface area contributed by atoms with Crippen LogP contribution < -0.4 is 5.73 Å². The van der Waals surface area contributed by atoms with E-state index in [1.165, 1.54) is 6.33 Å². The highest BCUT2D eigenvalue weighted by Crippen LogP contribution is 2.50. The molecule has 4 N–H and O–H groups in total. The maximum absolute atomic E-state index is 13.2. The van der Waals surface area contributed by atoms with Crippen molar-refractivity contribution in [2.75, 3.05) is 5.73 Å². The predicted molar refractivity (Wildman–Crippen MR) is 142 cm³/mol. The molecule has 3 fully saturated rings. The molecule has 2 atom stereocenters. The summed E-state index contributed by atoms with van der Waals surface area (Å²) in [5, 5.41) is 11.2. The number of pyridine rings is 1. The van der Waals surface area contributed by atoms with Gasteiger partial charge in [0.1, 0.15) is 17.8 Å². The van der Waals surface area contributed by atoms with Gasteiger partial charge in [-0.15, -0.1) is 0 Å². The molecule has 3 aliphatic rings. The van der Waals surface area contributed by atoms with Gasteiger partial charge in [-0.1, -0.05) is 6.07 Å². The predicted octanol–water partition coefficient (Wildman–Crippen LogP) is 3.31. The Kier molecular flexibility index (Phi) is 4.85. The highest BCUT2D eigenvalue weighted by molar-refractivity contribution is 5.91. The van der Waals surface area contributed by atoms with Crippen molar-refractivity contribution in [3.05, 3.63) is 60.3 Å². The average molecular weight is 522 g/mol. The van der Waals surface area contributed by atoms with Crippen molar-refractivity contribution in [1.82, 2.24) is 49.6 Å². The summed E-state index contributed by atoms with van der Waals surface area (Å²) in [6.45, 7) is 0. The Labute approximate surface area is 223 Å². The first-order valence-corrected chi connectivity index (χ1v) is 13.5. The minimum atomic E-state index is -0.0626. The van der Waals surface area contributed by atoms with Crippen molar-refractivity contribution in [2.24, 2.45) is 0 Å². The van der Waals surface area contributed by atoms with Crippen LogP contribution in [-0.2, 0) is 0 Å². The molecule has 39 heavy (non-hydrogen) atoms. The van der Waals surface area contributed by atoms with Crippen molar-refractivity contribution in [3.63, 3.8) is 0 Å². The molecule has 5 aromatic heterocycles. The number of nitrogens with one attached hydrogen (secondary N) is 2. The molecule has 1 saturated carbocycles. The summed E-state index contributed by atoms with van der Waals surface area (Å²) in [5.74, 6) is 2.30. The molecule has 8 rings (SSSR count). The minimum absolute atomic E-state index is 0.0626. The molecule has 5 aromatic rings. The van der Waals surface area contributed by atoms with Crippen LogP contribution >= 0.6 is 0 Å². The molecule has 1 amide bonds. The first-order chi connectivity index (χ1) is 19.2. The first kappa shape index (κ1) is 22.4. The smallest absolute Gasteiger partial charge is 0.291 e. The van der Waals surface area contributed by atoms with E-state index in [2.05, 4.69) is 35.2 Å². The van der Waals surface area contributed by atoms with Crippen LogP contribution in [0.4, 0.5) is 5.82 Å². The van der Waals surface area contributed by atoms with E-state index < -0.39 is 0 Å². The zero-order valence-corrected chi connectivity index (χ0v) is 21.2. The summed E-state index contributed by atoms with van der Waals surface area (Å²) in [6, 6.07) is 4.27. The molecule has 2 unspecified atom stereocenters. The number of nitrogen functional groups attached to an aromatic ring is 1. The van der Waals surface area contributed by atoms with Crippen molar-refractivity contribution in [1.29, 1.82) is 0 Å². The largest absolute Gasteiger partial charge is 0.383 e. The standard InChI is InChI=1S/C27H27N11O/c28-23-21(14-1-2-14)22(16-9-17-4-5-18(10-16)37(17)27(39)25-32-13-33-36-25)35-26-19(12-34-38(23)26)15-3-6-20(31-11-15)24-29-7-8-30-24/h3,6-8,11-14,16-18H,1-2,4-5,9-10,28H2,(H,29,30)(H,32,33,36). The Morgan fingerprint density at radius 1 is 1.00 bits per heavy atom. The van der Waals surface area contributed by atoms with Crippen molar-refractivity contribution in [2.45, 2.75) is 62.4 Å². The molecular weight excluding hydrogens is 494 g/mol. The van der Waals surface area contributed by atoms with Gasteiger partial charge in [0.25, 0.3) is 5.91 Å². The van der Waals surface area contributed by atoms with Crippen LogP contribution in [0.2, 0.25) is 0 Å². The fourth-order valence-electron chi connectivity index (χ4n) is 6.61. The average Bonchev–Trinajstić information content (AvgIpc) is 3.37. The normalized spacial score (nSPS) is 22.6. The summed E-state index contributed by atoms with van der Waals surface area (Å²) in [7, 11) is 0. The van der Waals surface area contributed by atoms with Crippen LogP contribution in [0.25, 0.3) is 28.3 Å². The Morgan fingerprint density at radius 3 is 2.51 bits per heavy atom. The third-order valence-electron chi connectivity index (χ3n) is 8.52. The number of hydrogen-bond donors (Lipinski definition) is 3. The summed E-state index contributed by atoms with van der Waals surface area (Å²) < 4.78 is 1.78.